The molecular weight excluding hydrogens is 485 g/mol. The first kappa shape index (κ1) is 25.1. The van der Waals surface area contributed by atoms with Gasteiger partial charge in [-0.05, 0) is 37.1 Å². The predicted molar refractivity (Wildman–Crippen MR) is 126 cm³/mol. The van der Waals surface area contributed by atoms with Gasteiger partial charge in [0.1, 0.15) is 5.82 Å². The van der Waals surface area contributed by atoms with Crippen LogP contribution in [-0.4, -0.2) is 100 Å². The minimum Gasteiger partial charge on any atom is -0.425 e. The summed E-state index contributed by atoms with van der Waals surface area (Å²) in [6.45, 7) is 4.88. The molecule has 12 nitrogen and oxygen atoms in total. The van der Waals surface area contributed by atoms with Crippen molar-refractivity contribution in [3.05, 3.63) is 35.9 Å². The van der Waals surface area contributed by atoms with Crippen molar-refractivity contribution in [2.75, 3.05) is 50.7 Å². The van der Waals surface area contributed by atoms with E-state index in [2.05, 4.69) is 30.4 Å². The molecule has 2 aromatic rings. The quantitative estimate of drug-likeness (QED) is 0.392. The molecule has 13 heteroatoms. The number of ether oxygens (including phenoxy) is 2. The zero-order chi connectivity index (χ0) is 25.9. The van der Waals surface area contributed by atoms with E-state index in [0.29, 0.717) is 51.2 Å². The van der Waals surface area contributed by atoms with E-state index in [-0.39, 0.29) is 30.5 Å². The van der Waals surface area contributed by atoms with E-state index < -0.39 is 11.2 Å². The maximum Gasteiger partial charge on any atom is 0.315 e. The fraction of sp³-hybridized carbons (Fsp3) is 0.583. The number of piperidine rings is 1. The second-order valence-electron chi connectivity index (χ2n) is 9.91. The summed E-state index contributed by atoms with van der Waals surface area (Å²) < 4.78 is 24.4. The van der Waals surface area contributed by atoms with E-state index in [9.17, 15) is 18.8 Å². The highest BCUT2D eigenvalue weighted by Crippen LogP contribution is 2.49. The Balaban J connectivity index is 1.14. The highest BCUT2D eigenvalue weighted by atomic mass is 19.1. The van der Waals surface area contributed by atoms with E-state index in [1.807, 2.05) is 0 Å². The number of esters is 1. The third-order valence-corrected chi connectivity index (χ3v) is 7.73. The second kappa shape index (κ2) is 10.4. The molecule has 3 aliphatic rings. The molecular formula is C24H30FN7O5. The number of cyclic esters (lactones) is 1. The monoisotopic (exact) mass is 515 g/mol. The minimum atomic E-state index is -1.30. The van der Waals surface area contributed by atoms with Gasteiger partial charge in [0.2, 0.25) is 5.91 Å². The molecule has 3 saturated heterocycles. The molecule has 4 heterocycles. The van der Waals surface area contributed by atoms with Crippen LogP contribution in [0.3, 0.4) is 0 Å². The average Bonchev–Trinajstić information content (AvgIpc) is 3.50. The highest BCUT2D eigenvalue weighted by Gasteiger charge is 2.59. The third-order valence-electron chi connectivity index (χ3n) is 7.73. The second-order valence-corrected chi connectivity index (χ2v) is 9.91. The topological polar surface area (TPSA) is 134 Å². The molecule has 5 rings (SSSR count). The molecule has 1 amide bonds. The van der Waals surface area contributed by atoms with Gasteiger partial charge in [-0.1, -0.05) is 5.21 Å². The number of carbonyl (C=O) groups excluding carboxylic acids is 3. The Morgan fingerprint density at radius 3 is 2.51 bits per heavy atom. The number of tetrazole rings is 1. The molecule has 0 unspecified atom stereocenters. The smallest absolute Gasteiger partial charge is 0.315 e. The minimum absolute atomic E-state index is 0.0422. The van der Waals surface area contributed by atoms with Crippen LogP contribution in [-0.2, 0) is 30.3 Å². The van der Waals surface area contributed by atoms with Crippen molar-refractivity contribution in [3.63, 3.8) is 0 Å². The molecule has 1 aromatic carbocycles. The third kappa shape index (κ3) is 5.41. The Kier molecular flexibility index (Phi) is 7.04. The lowest BCUT2D eigenvalue weighted by Gasteiger charge is -2.38. The van der Waals surface area contributed by atoms with Gasteiger partial charge < -0.3 is 19.3 Å². The number of hydrogen-bond donors (Lipinski definition) is 1. The Labute approximate surface area is 213 Å². The number of nitrogens with one attached hydrogen (secondary N) is 1. The van der Waals surface area contributed by atoms with Crippen LogP contribution < -0.4 is 4.90 Å². The molecule has 1 atom stereocenters. The van der Waals surface area contributed by atoms with Crippen LogP contribution >= 0.6 is 0 Å². The summed E-state index contributed by atoms with van der Waals surface area (Å²) in [4.78, 5) is 43.1. The van der Waals surface area contributed by atoms with Crippen molar-refractivity contribution in [3.8, 4) is 0 Å². The lowest BCUT2D eigenvalue weighted by atomic mass is 9.75. The Morgan fingerprint density at radius 1 is 1.14 bits per heavy atom. The van der Waals surface area contributed by atoms with Gasteiger partial charge in [-0.25, -0.2) is 4.39 Å². The molecule has 37 heavy (non-hydrogen) atoms. The van der Waals surface area contributed by atoms with Crippen molar-refractivity contribution in [1.29, 1.82) is 0 Å². The zero-order valence-corrected chi connectivity index (χ0v) is 20.5. The maximum absolute atomic E-state index is 13.2. The lowest BCUT2D eigenvalue weighted by molar-refractivity contribution is -0.207. The highest BCUT2D eigenvalue weighted by molar-refractivity contribution is 5.81. The Hall–Kier alpha value is -3.61. The number of hydrogen-bond acceptors (Lipinski definition) is 10. The van der Waals surface area contributed by atoms with Gasteiger partial charge in [0, 0.05) is 64.3 Å². The molecule has 0 radical (unpaired) electrons. The summed E-state index contributed by atoms with van der Waals surface area (Å²) in [7, 11) is 0. The van der Waals surface area contributed by atoms with Crippen LogP contribution in [0, 0.1) is 11.2 Å². The summed E-state index contributed by atoms with van der Waals surface area (Å²) in [6, 6.07) is 6.47. The summed E-state index contributed by atoms with van der Waals surface area (Å²) in [5.74, 6) is -1.74. The summed E-state index contributed by atoms with van der Waals surface area (Å²) in [5.41, 5.74) is 0.198. The van der Waals surface area contributed by atoms with Gasteiger partial charge in [-0.2, -0.15) is 5.21 Å². The largest absolute Gasteiger partial charge is 0.425 e. The first-order chi connectivity index (χ1) is 17.9. The van der Waals surface area contributed by atoms with E-state index >= 15 is 0 Å². The van der Waals surface area contributed by atoms with Gasteiger partial charge in [0.25, 0.3) is 12.3 Å². The van der Waals surface area contributed by atoms with E-state index in [1.165, 1.54) is 12.1 Å². The summed E-state index contributed by atoms with van der Waals surface area (Å²) >= 11 is 0. The molecule has 1 N–H and O–H groups in total. The Bertz CT molecular complexity index is 1100. The Morgan fingerprint density at radius 2 is 1.86 bits per heavy atom. The number of halogens is 1. The van der Waals surface area contributed by atoms with Gasteiger partial charge in [0.05, 0.1) is 11.8 Å². The first-order valence-electron chi connectivity index (χ1n) is 12.5. The van der Waals surface area contributed by atoms with Crippen LogP contribution in [0.5, 0.6) is 0 Å². The molecule has 0 saturated carbocycles. The summed E-state index contributed by atoms with van der Waals surface area (Å²) in [6.07, 6.45) is 1.56. The zero-order valence-electron chi connectivity index (χ0n) is 20.5. The number of anilines is 1. The fourth-order valence-electron chi connectivity index (χ4n) is 5.53. The van der Waals surface area contributed by atoms with Crippen LogP contribution in [0.15, 0.2) is 24.3 Å². The average molecular weight is 516 g/mol. The van der Waals surface area contributed by atoms with Crippen LogP contribution in [0.4, 0.5) is 10.1 Å². The molecule has 0 bridgehead atoms. The van der Waals surface area contributed by atoms with E-state index in [4.69, 9.17) is 9.47 Å². The number of likely N-dealkylation sites (tertiary alicyclic amines) is 1. The standard InChI is InChI=1S/C24H30FN7O5/c25-18-1-3-19(4-2-18)31-13-11-30(12-14-31)8-7-24(36-17-33)16-23(22(35)37-24)5-9-32(10-6-23)21(34)15-20-26-28-29-27-20/h1-4,17H,5-16H2,(H,26,27,28,29)/t24-/m0/s1. The van der Waals surface area contributed by atoms with Crippen molar-refractivity contribution in [2.24, 2.45) is 5.41 Å². The molecule has 0 aliphatic carbocycles. The number of aromatic nitrogens is 4. The number of H-pyrrole nitrogens is 1. The number of piperazine rings is 1. The molecule has 1 spiro atoms. The van der Waals surface area contributed by atoms with Crippen LogP contribution in [0.1, 0.15) is 31.5 Å². The van der Waals surface area contributed by atoms with Gasteiger partial charge in [0.15, 0.2) is 5.82 Å². The van der Waals surface area contributed by atoms with Gasteiger partial charge >= 0.3 is 5.97 Å². The number of amides is 1. The number of benzene rings is 1. The predicted octanol–water partition coefficient (Wildman–Crippen LogP) is 0.519. The van der Waals surface area contributed by atoms with Gasteiger partial charge in [-0.3, -0.25) is 19.3 Å². The first-order valence-corrected chi connectivity index (χ1v) is 12.5. The molecule has 3 fully saturated rings. The lowest BCUT2D eigenvalue weighted by Crippen LogP contribution is -2.48. The summed E-state index contributed by atoms with van der Waals surface area (Å²) in [5, 5.41) is 13.4. The number of rotatable bonds is 8. The number of aromatic amines is 1. The van der Waals surface area contributed by atoms with E-state index in [0.717, 1.165) is 31.9 Å². The molecule has 198 valence electrons. The van der Waals surface area contributed by atoms with Crippen molar-refractivity contribution < 1.29 is 28.2 Å². The molecule has 3 aliphatic heterocycles. The normalized spacial score (nSPS) is 23.8. The van der Waals surface area contributed by atoms with Gasteiger partial charge in [-0.15, -0.1) is 10.2 Å². The van der Waals surface area contributed by atoms with Crippen molar-refractivity contribution in [1.82, 2.24) is 30.4 Å². The molecule has 1 aromatic heterocycles. The SMILES string of the molecule is O=CO[C@]1(CCN2CCN(c3ccc(F)cc3)CC2)CC2(CCN(C(=O)Cc3nn[nH]n3)CC2)C(=O)O1. The van der Waals surface area contributed by atoms with Crippen molar-refractivity contribution in [2.45, 2.75) is 37.9 Å². The van der Waals surface area contributed by atoms with Crippen LogP contribution in [0.25, 0.3) is 0 Å². The van der Waals surface area contributed by atoms with Crippen LogP contribution in [0.2, 0.25) is 0 Å². The fourth-order valence-corrected chi connectivity index (χ4v) is 5.53. The number of carbonyl (C=O) groups is 3. The number of nitrogens with zero attached hydrogens (tertiary/aromatic N) is 6. The van der Waals surface area contributed by atoms with Crippen molar-refractivity contribution >= 4 is 24.0 Å². The van der Waals surface area contributed by atoms with E-state index in [1.54, 1.807) is 17.0 Å². The maximum atomic E-state index is 13.2.